The van der Waals surface area contributed by atoms with E-state index in [9.17, 15) is 18.0 Å². The molecule has 2 aromatic rings. The number of aryl methyl sites for hydroxylation is 1. The molecule has 2 N–H and O–H groups in total. The number of ether oxygens (including phenoxy) is 1. The van der Waals surface area contributed by atoms with Crippen molar-refractivity contribution in [1.82, 2.24) is 19.8 Å². The Bertz CT molecular complexity index is 1170. The van der Waals surface area contributed by atoms with E-state index in [0.717, 1.165) is 62.2 Å². The van der Waals surface area contributed by atoms with Crippen molar-refractivity contribution in [2.24, 2.45) is 5.92 Å². The zero-order valence-electron chi connectivity index (χ0n) is 22.4. The third kappa shape index (κ3) is 6.22. The van der Waals surface area contributed by atoms with Crippen molar-refractivity contribution >= 4 is 29.0 Å². The van der Waals surface area contributed by atoms with Gasteiger partial charge < -0.3 is 30.1 Å². The number of aromatic nitrogens is 2. The molecular weight excluding hydrogens is 511 g/mol. The number of fused-ring (bicyclic) bond motifs is 2. The van der Waals surface area contributed by atoms with Crippen molar-refractivity contribution in [2.45, 2.75) is 38.4 Å². The standard InChI is InChI=1S/C27H36F3N7O2/c1-3-18-13-20(36-11-9-35(2)10-12-36)5-6-23(18)33-26-32-15-22(27(28,29)30)24(34-26)31-7-4-8-37-21-14-19(25(37)38)16-39-17-21/h5-6,13,15,19,21H,3-4,7-12,14,16-17H2,1-2H3,(H2,31,32,33,34). The predicted molar refractivity (Wildman–Crippen MR) is 143 cm³/mol. The largest absolute Gasteiger partial charge is 0.421 e. The first-order valence-corrected chi connectivity index (χ1v) is 13.6. The van der Waals surface area contributed by atoms with Gasteiger partial charge in [0.05, 0.1) is 25.2 Å². The molecule has 0 saturated carbocycles. The van der Waals surface area contributed by atoms with Crippen LogP contribution in [-0.4, -0.2) is 91.2 Å². The molecule has 1 aromatic carbocycles. The Labute approximate surface area is 226 Å². The van der Waals surface area contributed by atoms with Crippen LogP contribution >= 0.6 is 0 Å². The smallest absolute Gasteiger partial charge is 0.378 e. The minimum Gasteiger partial charge on any atom is -0.378 e. The van der Waals surface area contributed by atoms with E-state index in [-0.39, 0.29) is 36.2 Å². The maximum Gasteiger partial charge on any atom is 0.421 e. The van der Waals surface area contributed by atoms with Gasteiger partial charge in [0.15, 0.2) is 0 Å². The molecule has 2 unspecified atom stereocenters. The van der Waals surface area contributed by atoms with Crippen LogP contribution in [0.25, 0.3) is 0 Å². The molecule has 3 aliphatic heterocycles. The molecule has 39 heavy (non-hydrogen) atoms. The maximum atomic E-state index is 13.7. The number of alkyl halides is 3. The number of likely N-dealkylation sites (N-methyl/N-ethyl adjacent to an activating group) is 1. The van der Waals surface area contributed by atoms with Gasteiger partial charge in [-0.2, -0.15) is 18.2 Å². The Balaban J connectivity index is 1.26. The SMILES string of the molecule is CCc1cc(N2CCN(C)CC2)ccc1Nc1ncc(C(F)(F)F)c(NCCCN2C(=O)C3COCC2C3)n1. The maximum absolute atomic E-state index is 13.7. The minimum absolute atomic E-state index is 0.0623. The van der Waals surface area contributed by atoms with Crippen molar-refractivity contribution < 1.29 is 22.7 Å². The molecule has 3 aliphatic rings. The molecule has 3 saturated heterocycles. The van der Waals surface area contributed by atoms with Crippen molar-refractivity contribution in [1.29, 1.82) is 0 Å². The fourth-order valence-electron chi connectivity index (χ4n) is 5.52. The van der Waals surface area contributed by atoms with E-state index in [0.29, 0.717) is 26.2 Å². The number of piperazine rings is 1. The first-order chi connectivity index (χ1) is 18.7. The fourth-order valence-corrected chi connectivity index (χ4v) is 5.52. The Kier molecular flexibility index (Phi) is 8.13. The number of nitrogens with zero attached hydrogens (tertiary/aromatic N) is 5. The van der Waals surface area contributed by atoms with Gasteiger partial charge >= 0.3 is 6.18 Å². The van der Waals surface area contributed by atoms with E-state index in [1.807, 2.05) is 19.1 Å². The lowest BCUT2D eigenvalue weighted by Crippen LogP contribution is -2.44. The number of hydrogen-bond donors (Lipinski definition) is 2. The summed E-state index contributed by atoms with van der Waals surface area (Å²) in [7, 11) is 2.11. The molecule has 5 rings (SSSR count). The number of benzene rings is 1. The second kappa shape index (κ2) is 11.5. The lowest BCUT2D eigenvalue weighted by Gasteiger charge is -2.34. The van der Waals surface area contributed by atoms with Gasteiger partial charge in [-0.1, -0.05) is 6.92 Å². The van der Waals surface area contributed by atoms with E-state index in [1.54, 1.807) is 4.90 Å². The normalized spacial score (nSPS) is 21.9. The van der Waals surface area contributed by atoms with Gasteiger partial charge in [0.1, 0.15) is 11.4 Å². The number of halogens is 3. The molecule has 12 heteroatoms. The Morgan fingerprint density at radius 2 is 1.95 bits per heavy atom. The highest BCUT2D eigenvalue weighted by Gasteiger charge is 2.42. The van der Waals surface area contributed by atoms with Gasteiger partial charge in [0.25, 0.3) is 0 Å². The number of anilines is 4. The summed E-state index contributed by atoms with van der Waals surface area (Å²) < 4.78 is 46.6. The first-order valence-electron chi connectivity index (χ1n) is 13.6. The highest BCUT2D eigenvalue weighted by atomic mass is 19.4. The number of amides is 1. The van der Waals surface area contributed by atoms with Crippen LogP contribution in [0, 0.1) is 5.92 Å². The molecule has 4 heterocycles. The van der Waals surface area contributed by atoms with Crippen LogP contribution in [-0.2, 0) is 22.1 Å². The Morgan fingerprint density at radius 1 is 1.15 bits per heavy atom. The lowest BCUT2D eigenvalue weighted by atomic mass is 10.0. The van der Waals surface area contributed by atoms with Gasteiger partial charge in [-0.3, -0.25) is 4.79 Å². The van der Waals surface area contributed by atoms with Crippen LogP contribution in [0.15, 0.2) is 24.4 Å². The van der Waals surface area contributed by atoms with Crippen molar-refractivity contribution in [3.05, 3.63) is 35.5 Å². The van der Waals surface area contributed by atoms with Gasteiger partial charge in [0.2, 0.25) is 11.9 Å². The molecule has 3 fully saturated rings. The number of hydrogen-bond acceptors (Lipinski definition) is 8. The summed E-state index contributed by atoms with van der Waals surface area (Å²) in [5.41, 5.74) is 2.01. The zero-order chi connectivity index (χ0) is 27.6. The van der Waals surface area contributed by atoms with Crippen LogP contribution in [0.5, 0.6) is 0 Å². The third-order valence-corrected chi connectivity index (χ3v) is 7.81. The summed E-state index contributed by atoms with van der Waals surface area (Å²) >= 11 is 0. The molecule has 2 bridgehead atoms. The molecule has 0 spiro atoms. The molecule has 0 radical (unpaired) electrons. The van der Waals surface area contributed by atoms with E-state index >= 15 is 0 Å². The van der Waals surface area contributed by atoms with Crippen LogP contribution in [0.4, 0.5) is 36.3 Å². The number of nitrogens with one attached hydrogen (secondary N) is 2. The van der Waals surface area contributed by atoms with Gasteiger partial charge in [0, 0.05) is 56.8 Å². The molecular formula is C27H36F3N7O2. The molecule has 1 aromatic heterocycles. The fraction of sp³-hybridized carbons (Fsp3) is 0.593. The molecule has 1 amide bonds. The topological polar surface area (TPSA) is 85.9 Å². The average Bonchev–Trinajstić information content (AvgIpc) is 3.13. The monoisotopic (exact) mass is 547 g/mol. The number of carbonyl (C=O) groups excluding carboxylic acids is 1. The van der Waals surface area contributed by atoms with Gasteiger partial charge in [-0.15, -0.1) is 0 Å². The number of rotatable bonds is 9. The minimum atomic E-state index is -4.60. The lowest BCUT2D eigenvalue weighted by molar-refractivity contribution is -0.137. The highest BCUT2D eigenvalue weighted by Crippen LogP contribution is 2.35. The summed E-state index contributed by atoms with van der Waals surface area (Å²) in [5.74, 6) is -0.199. The number of likely N-dealkylation sites (tertiary alicyclic amines) is 1. The molecule has 0 aliphatic carbocycles. The summed E-state index contributed by atoms with van der Waals surface area (Å²) in [6.07, 6.45) is -1.75. The van der Waals surface area contributed by atoms with Crippen LogP contribution < -0.4 is 15.5 Å². The predicted octanol–water partition coefficient (Wildman–Crippen LogP) is 3.60. The molecule has 212 valence electrons. The Morgan fingerprint density at radius 3 is 2.67 bits per heavy atom. The zero-order valence-corrected chi connectivity index (χ0v) is 22.4. The number of carbonyl (C=O) groups is 1. The third-order valence-electron chi connectivity index (χ3n) is 7.81. The van der Waals surface area contributed by atoms with Gasteiger partial charge in [-0.05, 0) is 50.1 Å². The summed E-state index contributed by atoms with van der Waals surface area (Å²) in [4.78, 5) is 27.1. The second-order valence-corrected chi connectivity index (χ2v) is 10.5. The molecule has 2 atom stereocenters. The van der Waals surface area contributed by atoms with E-state index < -0.39 is 11.7 Å². The van der Waals surface area contributed by atoms with Crippen molar-refractivity contribution in [3.63, 3.8) is 0 Å². The van der Waals surface area contributed by atoms with Crippen LogP contribution in [0.2, 0.25) is 0 Å². The van der Waals surface area contributed by atoms with Crippen molar-refractivity contribution in [3.8, 4) is 0 Å². The molecule has 9 nitrogen and oxygen atoms in total. The van der Waals surface area contributed by atoms with Crippen LogP contribution in [0.3, 0.4) is 0 Å². The van der Waals surface area contributed by atoms with Crippen molar-refractivity contribution in [2.75, 3.05) is 75.1 Å². The van der Waals surface area contributed by atoms with E-state index in [2.05, 4.69) is 43.5 Å². The summed E-state index contributed by atoms with van der Waals surface area (Å²) in [6, 6.07) is 6.15. The quantitative estimate of drug-likeness (QED) is 0.461. The van der Waals surface area contributed by atoms with E-state index in [1.165, 1.54) is 0 Å². The second-order valence-electron chi connectivity index (χ2n) is 10.5. The Hall–Kier alpha value is -3.12. The summed E-state index contributed by atoms with van der Waals surface area (Å²) in [6.45, 7) is 7.61. The van der Waals surface area contributed by atoms with E-state index in [4.69, 9.17) is 4.74 Å². The van der Waals surface area contributed by atoms with Gasteiger partial charge in [-0.25, -0.2) is 4.98 Å². The van der Waals surface area contributed by atoms with Crippen LogP contribution in [0.1, 0.15) is 30.9 Å². The summed E-state index contributed by atoms with van der Waals surface area (Å²) in [5, 5.41) is 5.96. The highest BCUT2D eigenvalue weighted by molar-refractivity contribution is 5.82. The first kappa shape index (κ1) is 27.4. The average molecular weight is 548 g/mol.